The number of rotatable bonds is 4. The highest BCUT2D eigenvalue weighted by molar-refractivity contribution is 9.10. The fraction of sp³-hybridized carbons (Fsp3) is 0.214. The van der Waals surface area contributed by atoms with Gasteiger partial charge in [0.15, 0.2) is 5.69 Å². The third kappa shape index (κ3) is 3.31. The first-order chi connectivity index (χ1) is 11.8. The number of alkyl halides is 3. The minimum absolute atomic E-state index is 0.0428. The molecule has 0 unspecified atom stereocenters. The Balaban J connectivity index is 2.10. The molecule has 0 atom stereocenters. The van der Waals surface area contributed by atoms with Crippen molar-refractivity contribution in [3.8, 4) is 11.5 Å². The number of benzene rings is 1. The lowest BCUT2D eigenvalue weighted by molar-refractivity contribution is -0.141. The smallest absolute Gasteiger partial charge is 0.433 e. The van der Waals surface area contributed by atoms with Crippen LogP contribution in [-0.4, -0.2) is 33.8 Å². The second-order valence-corrected chi connectivity index (χ2v) is 5.61. The molecule has 0 radical (unpaired) electrons. The van der Waals surface area contributed by atoms with Gasteiger partial charge in [-0.2, -0.15) is 27.8 Å². The van der Waals surface area contributed by atoms with Gasteiger partial charge in [0, 0.05) is 23.9 Å². The summed E-state index contributed by atoms with van der Waals surface area (Å²) < 4.78 is 51.3. The van der Waals surface area contributed by atoms with E-state index in [-0.39, 0.29) is 11.6 Å². The maximum Gasteiger partial charge on any atom is 0.433 e. The fourth-order valence-corrected chi connectivity index (χ4v) is 2.69. The molecule has 0 aliphatic rings. The van der Waals surface area contributed by atoms with Crippen LogP contribution in [0.15, 0.2) is 29.0 Å². The Morgan fingerprint density at radius 3 is 2.32 bits per heavy atom. The zero-order chi connectivity index (χ0) is 18.2. The lowest BCUT2D eigenvalue weighted by Crippen LogP contribution is -2.12. The topological polar surface area (TPSA) is 73.6 Å². The van der Waals surface area contributed by atoms with E-state index >= 15 is 0 Å². The summed E-state index contributed by atoms with van der Waals surface area (Å²) in [5.41, 5.74) is -0.639. The van der Waals surface area contributed by atoms with Crippen molar-refractivity contribution in [2.24, 2.45) is 0 Å². The summed E-state index contributed by atoms with van der Waals surface area (Å²) in [6.45, 7) is 0. The Kier molecular flexibility index (Phi) is 4.41. The van der Waals surface area contributed by atoms with Gasteiger partial charge in [0.2, 0.25) is 0 Å². The molecule has 0 aliphatic heterocycles. The van der Waals surface area contributed by atoms with E-state index in [0.717, 1.165) is 16.9 Å². The molecular formula is C14H11BrF3N5O2. The summed E-state index contributed by atoms with van der Waals surface area (Å²) in [5.74, 6) is 0.762. The summed E-state index contributed by atoms with van der Waals surface area (Å²) in [6.07, 6.45) is -3.49. The first-order valence-corrected chi connectivity index (χ1v) is 7.59. The number of ether oxygens (including phenoxy) is 2. The molecule has 0 fully saturated rings. The van der Waals surface area contributed by atoms with Gasteiger partial charge < -0.3 is 14.8 Å². The average molecular weight is 418 g/mol. The number of anilines is 2. The first kappa shape index (κ1) is 17.3. The number of nitrogens with zero attached hydrogens (tertiary/aromatic N) is 4. The van der Waals surface area contributed by atoms with Crippen molar-refractivity contribution in [3.63, 3.8) is 0 Å². The van der Waals surface area contributed by atoms with Crippen molar-refractivity contribution in [2.45, 2.75) is 6.18 Å². The van der Waals surface area contributed by atoms with Gasteiger partial charge in [-0.05, 0) is 15.9 Å². The minimum atomic E-state index is -4.61. The van der Waals surface area contributed by atoms with E-state index < -0.39 is 11.9 Å². The Bertz CT molecular complexity index is 903. The van der Waals surface area contributed by atoms with Crippen LogP contribution in [0.5, 0.6) is 11.5 Å². The van der Waals surface area contributed by atoms with Crippen molar-refractivity contribution in [1.29, 1.82) is 0 Å². The number of aromatic nitrogens is 4. The number of halogens is 4. The molecule has 0 saturated heterocycles. The predicted molar refractivity (Wildman–Crippen MR) is 86.3 cm³/mol. The van der Waals surface area contributed by atoms with Gasteiger partial charge in [-0.1, -0.05) is 0 Å². The van der Waals surface area contributed by atoms with Crippen LogP contribution in [0, 0.1) is 0 Å². The van der Waals surface area contributed by atoms with Crippen LogP contribution >= 0.6 is 15.9 Å². The third-order valence-corrected chi connectivity index (χ3v) is 4.04. The molecule has 25 heavy (non-hydrogen) atoms. The first-order valence-electron chi connectivity index (χ1n) is 6.80. The lowest BCUT2D eigenvalue weighted by atomic mass is 10.2. The van der Waals surface area contributed by atoms with Crippen molar-refractivity contribution in [3.05, 3.63) is 34.7 Å². The summed E-state index contributed by atoms with van der Waals surface area (Å²) in [6, 6.07) is 4.05. The van der Waals surface area contributed by atoms with Gasteiger partial charge in [-0.25, -0.2) is 4.98 Å². The molecule has 0 spiro atoms. The molecule has 0 saturated carbocycles. The molecule has 0 bridgehead atoms. The van der Waals surface area contributed by atoms with Crippen molar-refractivity contribution in [2.75, 3.05) is 19.5 Å². The van der Waals surface area contributed by atoms with Crippen molar-refractivity contribution >= 4 is 33.2 Å². The highest BCUT2D eigenvalue weighted by atomic mass is 79.9. The second kappa shape index (κ2) is 6.39. The number of hydrogen-bond acceptors (Lipinski definition) is 6. The summed E-state index contributed by atoms with van der Waals surface area (Å²) in [5, 5.41) is 6.74. The summed E-state index contributed by atoms with van der Waals surface area (Å²) in [7, 11) is 2.93. The van der Waals surface area contributed by atoms with Crippen LogP contribution in [0.2, 0.25) is 0 Å². The molecule has 0 amide bonds. The van der Waals surface area contributed by atoms with Gasteiger partial charge in [0.25, 0.3) is 5.78 Å². The van der Waals surface area contributed by atoms with E-state index in [9.17, 15) is 13.2 Å². The van der Waals surface area contributed by atoms with Crippen LogP contribution in [0.25, 0.3) is 5.78 Å². The Morgan fingerprint density at radius 1 is 1.12 bits per heavy atom. The van der Waals surface area contributed by atoms with Crippen LogP contribution in [-0.2, 0) is 6.18 Å². The molecule has 1 N–H and O–H groups in total. The zero-order valence-corrected chi connectivity index (χ0v) is 14.5. The SMILES string of the molecule is COc1cc(Nc2cc(C(F)(F)F)nc3ncnn23)cc(OC)c1Br. The maximum absolute atomic E-state index is 13.0. The van der Waals surface area contributed by atoms with Gasteiger partial charge >= 0.3 is 6.18 Å². The molecule has 2 aromatic heterocycles. The van der Waals surface area contributed by atoms with E-state index in [1.54, 1.807) is 12.1 Å². The molecule has 2 heterocycles. The molecule has 1 aromatic carbocycles. The van der Waals surface area contributed by atoms with E-state index in [1.807, 2.05) is 0 Å². The number of methoxy groups -OCH3 is 2. The van der Waals surface area contributed by atoms with Crippen LogP contribution in [0.4, 0.5) is 24.7 Å². The normalized spacial score (nSPS) is 11.6. The van der Waals surface area contributed by atoms with Crippen molar-refractivity contribution < 1.29 is 22.6 Å². The van der Waals surface area contributed by atoms with Crippen LogP contribution in [0.3, 0.4) is 0 Å². The molecule has 132 valence electrons. The highest BCUT2D eigenvalue weighted by Crippen LogP contribution is 2.38. The quantitative estimate of drug-likeness (QED) is 0.697. The Hall–Kier alpha value is -2.56. The molecule has 7 nitrogen and oxygen atoms in total. The predicted octanol–water partition coefficient (Wildman–Crippen LogP) is 3.67. The second-order valence-electron chi connectivity index (χ2n) is 4.82. The zero-order valence-electron chi connectivity index (χ0n) is 12.9. The molecular weight excluding hydrogens is 407 g/mol. The number of hydrogen-bond donors (Lipinski definition) is 1. The van der Waals surface area contributed by atoms with E-state index in [4.69, 9.17) is 9.47 Å². The standard InChI is InChI=1S/C14H11BrF3N5O2/c1-24-8-3-7(4-9(25-2)12(8)15)21-11-5-10(14(16,17)18)22-13-19-6-20-23(11)13/h3-6,21H,1-2H3. The van der Waals surface area contributed by atoms with Gasteiger partial charge in [0.05, 0.1) is 14.2 Å². The largest absolute Gasteiger partial charge is 0.495 e. The van der Waals surface area contributed by atoms with Gasteiger partial charge in [-0.15, -0.1) is 0 Å². The molecule has 3 rings (SSSR count). The van der Waals surface area contributed by atoms with Crippen molar-refractivity contribution in [1.82, 2.24) is 19.6 Å². The number of fused-ring (bicyclic) bond motifs is 1. The van der Waals surface area contributed by atoms with Gasteiger partial charge in [-0.3, -0.25) is 0 Å². The Morgan fingerprint density at radius 2 is 1.76 bits per heavy atom. The van der Waals surface area contributed by atoms with Crippen LogP contribution in [0.1, 0.15) is 5.69 Å². The average Bonchev–Trinajstić information content (AvgIpc) is 3.04. The van der Waals surface area contributed by atoms with Gasteiger partial charge in [0.1, 0.15) is 28.1 Å². The molecule has 0 aliphatic carbocycles. The third-order valence-electron chi connectivity index (χ3n) is 3.26. The minimum Gasteiger partial charge on any atom is -0.495 e. The number of nitrogens with one attached hydrogen (secondary N) is 1. The highest BCUT2D eigenvalue weighted by Gasteiger charge is 2.34. The summed E-state index contributed by atoms with van der Waals surface area (Å²) in [4.78, 5) is 7.18. The molecule has 3 aromatic rings. The lowest BCUT2D eigenvalue weighted by Gasteiger charge is -2.14. The van der Waals surface area contributed by atoms with E-state index in [1.165, 1.54) is 14.2 Å². The maximum atomic E-state index is 13.0. The van der Waals surface area contributed by atoms with Crippen LogP contribution < -0.4 is 14.8 Å². The fourth-order valence-electron chi connectivity index (χ4n) is 2.14. The van der Waals surface area contributed by atoms with E-state index in [2.05, 4.69) is 36.3 Å². The molecule has 11 heteroatoms. The van der Waals surface area contributed by atoms with E-state index in [0.29, 0.717) is 21.7 Å². The monoisotopic (exact) mass is 417 g/mol. The Labute approximate surface area is 147 Å². The summed E-state index contributed by atoms with van der Waals surface area (Å²) >= 11 is 3.33.